The van der Waals surface area contributed by atoms with E-state index in [1.54, 1.807) is 17.5 Å². The number of halogens is 1. The van der Waals surface area contributed by atoms with Crippen molar-refractivity contribution in [3.05, 3.63) is 137 Å². The highest BCUT2D eigenvalue weighted by Crippen LogP contribution is 2.48. The van der Waals surface area contributed by atoms with Gasteiger partial charge in [0.2, 0.25) is 0 Å². The fourth-order valence-electron chi connectivity index (χ4n) is 8.82. The summed E-state index contributed by atoms with van der Waals surface area (Å²) in [5.41, 5.74) is 4.29. The van der Waals surface area contributed by atoms with Crippen LogP contribution in [0.15, 0.2) is 115 Å². The third kappa shape index (κ3) is 5.37. The molecule has 8 nitrogen and oxygen atoms in total. The van der Waals surface area contributed by atoms with Crippen LogP contribution >= 0.6 is 22.9 Å². The molecule has 10 rings (SSSR count). The number of thiophene rings is 1. The molecule has 2 atom stereocenters. The summed E-state index contributed by atoms with van der Waals surface area (Å²) in [4.78, 5) is 34.5. The highest BCUT2D eigenvalue weighted by Gasteiger charge is 2.48. The van der Waals surface area contributed by atoms with Crippen LogP contribution in [0.4, 0.5) is 5.82 Å². The van der Waals surface area contributed by atoms with Gasteiger partial charge >= 0.3 is 5.97 Å². The molecule has 0 unspecified atom stereocenters. The Bertz CT molecular complexity index is 2280. The van der Waals surface area contributed by atoms with E-state index in [0.717, 1.165) is 52.6 Å². The molecule has 3 aliphatic rings. The second kappa shape index (κ2) is 13.5. The number of rotatable bonds is 9. The van der Waals surface area contributed by atoms with Gasteiger partial charge in [-0.2, -0.15) is 0 Å². The second-order valence-electron chi connectivity index (χ2n) is 13.7. The number of hydrogen-bond acceptors (Lipinski definition) is 8. The monoisotopic (exact) mass is 724 g/mol. The molecule has 3 saturated carbocycles. The molecule has 0 radical (unpaired) electrons. The van der Waals surface area contributed by atoms with E-state index in [2.05, 4.69) is 94.9 Å². The summed E-state index contributed by atoms with van der Waals surface area (Å²) in [6, 6.07) is 33.4. The van der Waals surface area contributed by atoms with Crippen LogP contribution in [0.5, 0.6) is 0 Å². The molecule has 2 bridgehead atoms. The van der Waals surface area contributed by atoms with Gasteiger partial charge in [-0.05, 0) is 72.6 Å². The molecule has 52 heavy (non-hydrogen) atoms. The van der Waals surface area contributed by atoms with Gasteiger partial charge in [-0.3, -0.25) is 4.79 Å². The predicted molar refractivity (Wildman–Crippen MR) is 207 cm³/mol. The zero-order valence-corrected chi connectivity index (χ0v) is 30.2. The Morgan fingerprint density at radius 3 is 2.10 bits per heavy atom. The van der Waals surface area contributed by atoms with E-state index < -0.39 is 5.54 Å². The number of aromatic nitrogens is 5. The van der Waals surface area contributed by atoms with Gasteiger partial charge < -0.3 is 14.6 Å². The van der Waals surface area contributed by atoms with E-state index in [1.165, 1.54) is 0 Å². The average molecular weight is 725 g/mol. The van der Waals surface area contributed by atoms with Crippen LogP contribution in [0.1, 0.15) is 49.3 Å². The van der Waals surface area contributed by atoms with Gasteiger partial charge in [0.05, 0.1) is 29.7 Å². The van der Waals surface area contributed by atoms with Gasteiger partial charge in [-0.1, -0.05) is 103 Å². The third-order valence-corrected chi connectivity index (χ3v) is 12.0. The largest absolute Gasteiger partial charge is 0.466 e. The first-order valence-corrected chi connectivity index (χ1v) is 19.2. The lowest BCUT2D eigenvalue weighted by molar-refractivity contribution is -0.154. The molecule has 3 fully saturated rings. The Hall–Kier alpha value is -5.12. The molecule has 7 aromatic rings. The van der Waals surface area contributed by atoms with Gasteiger partial charge in [0.15, 0.2) is 11.5 Å². The van der Waals surface area contributed by atoms with E-state index in [9.17, 15) is 4.79 Å². The Labute approximate surface area is 310 Å². The molecular formula is C42H37ClN6O2S. The van der Waals surface area contributed by atoms with Crippen molar-refractivity contribution in [3.8, 4) is 11.4 Å². The van der Waals surface area contributed by atoms with Crippen molar-refractivity contribution in [2.75, 3.05) is 11.9 Å². The molecule has 10 heteroatoms. The third-order valence-electron chi connectivity index (χ3n) is 11.0. The number of ether oxygens (including phenoxy) is 1. The molecular weight excluding hydrogens is 688 g/mol. The zero-order valence-electron chi connectivity index (χ0n) is 28.7. The number of carbonyl (C=O) groups excluding carboxylic acids is 1. The molecule has 0 spiro atoms. The van der Waals surface area contributed by atoms with Crippen molar-refractivity contribution in [2.45, 2.75) is 44.2 Å². The lowest BCUT2D eigenvalue weighted by Crippen LogP contribution is -2.52. The molecule has 0 amide bonds. The summed E-state index contributed by atoms with van der Waals surface area (Å²) in [5.74, 6) is 1.56. The average Bonchev–Trinajstić information content (AvgIpc) is 3.82. The fraction of sp³-hybridized carbons (Fsp3) is 0.262. The fourth-order valence-corrected chi connectivity index (χ4v) is 9.72. The first kappa shape index (κ1) is 32.8. The number of nitrogens with zero attached hydrogens (tertiary/aromatic N) is 5. The van der Waals surface area contributed by atoms with Gasteiger partial charge in [0.25, 0.3) is 0 Å². The van der Waals surface area contributed by atoms with Crippen molar-refractivity contribution >= 4 is 56.1 Å². The Kier molecular flexibility index (Phi) is 8.48. The first-order chi connectivity index (χ1) is 25.6. The summed E-state index contributed by atoms with van der Waals surface area (Å²) >= 11 is 8.18. The lowest BCUT2D eigenvalue weighted by atomic mass is 9.61. The highest BCUT2D eigenvalue weighted by molar-refractivity contribution is 7.16. The van der Waals surface area contributed by atoms with Gasteiger partial charge in [0.1, 0.15) is 26.9 Å². The van der Waals surface area contributed by atoms with Crippen LogP contribution in [-0.2, 0) is 15.1 Å². The minimum absolute atomic E-state index is 0.0742. The molecule has 0 aliphatic heterocycles. The number of hydrogen-bond donors (Lipinski definition) is 1. The molecule has 4 aromatic heterocycles. The Morgan fingerprint density at radius 1 is 0.865 bits per heavy atom. The van der Waals surface area contributed by atoms with E-state index in [1.807, 2.05) is 30.5 Å². The van der Waals surface area contributed by atoms with Crippen molar-refractivity contribution in [2.24, 2.45) is 17.8 Å². The van der Waals surface area contributed by atoms with E-state index >= 15 is 0 Å². The van der Waals surface area contributed by atoms with Gasteiger partial charge in [0, 0.05) is 12.2 Å². The van der Waals surface area contributed by atoms with E-state index in [4.69, 9.17) is 36.3 Å². The van der Waals surface area contributed by atoms with Crippen LogP contribution in [0.25, 0.3) is 32.8 Å². The molecule has 1 N–H and O–H groups in total. The predicted octanol–water partition coefficient (Wildman–Crippen LogP) is 9.38. The normalized spacial score (nSPS) is 20.0. The van der Waals surface area contributed by atoms with Crippen LogP contribution in [-0.4, -0.2) is 43.1 Å². The molecule has 260 valence electrons. The molecule has 0 saturated heterocycles. The van der Waals surface area contributed by atoms with Crippen LogP contribution in [0, 0.1) is 17.8 Å². The van der Waals surface area contributed by atoms with E-state index in [-0.39, 0.29) is 23.1 Å². The van der Waals surface area contributed by atoms with Crippen LogP contribution in [0.3, 0.4) is 0 Å². The number of anilines is 1. The maximum atomic E-state index is 13.4. The second-order valence-corrected chi connectivity index (χ2v) is 15.0. The molecule has 4 heterocycles. The maximum Gasteiger partial charge on any atom is 0.311 e. The highest BCUT2D eigenvalue weighted by atomic mass is 35.5. The summed E-state index contributed by atoms with van der Waals surface area (Å²) in [6.07, 6.45) is 7.97. The summed E-state index contributed by atoms with van der Waals surface area (Å²) in [7, 11) is 0. The zero-order chi connectivity index (χ0) is 35.2. The van der Waals surface area contributed by atoms with Crippen LogP contribution < -0.4 is 5.32 Å². The number of fused-ring (bicyclic) bond motifs is 5. The van der Waals surface area contributed by atoms with Gasteiger partial charge in [-0.25, -0.2) is 19.9 Å². The Morgan fingerprint density at radius 2 is 1.48 bits per heavy atom. The summed E-state index contributed by atoms with van der Waals surface area (Å²) in [5, 5.41) is 7.05. The van der Waals surface area contributed by atoms with Crippen molar-refractivity contribution in [1.29, 1.82) is 0 Å². The topological polar surface area (TPSA) is 94.8 Å². The number of esters is 1. The smallest absolute Gasteiger partial charge is 0.311 e. The summed E-state index contributed by atoms with van der Waals surface area (Å²) < 4.78 is 7.83. The van der Waals surface area contributed by atoms with Crippen molar-refractivity contribution < 1.29 is 9.53 Å². The Balaban J connectivity index is 1.27. The van der Waals surface area contributed by atoms with Crippen LogP contribution in [0.2, 0.25) is 5.15 Å². The standard InChI is InChI=1S/C42H37ClN6O2S/c1-2-51-41(50)34-26-18-20-27(21-19-26)35(34)46-37-31-22-23-52-40(31)48-38(47-37)32-25-49(39-36(32)45-33(43)24-44-39)42(28-12-6-3-7-13-28,29-14-8-4-9-15-29)30-16-10-5-11-17-30/h3-17,22-27,34-35H,2,18-21H2,1H3,(H,46,47,48)/t26?,27?,34-,35-/m1/s1. The van der Waals surface area contributed by atoms with Crippen molar-refractivity contribution in [1.82, 2.24) is 24.5 Å². The number of nitrogens with one attached hydrogen (secondary N) is 1. The SMILES string of the molecule is CCOC(=O)[C@@H]1C2CCC(CC2)[C@H]1Nc1nc(-c2cn(C(c3ccccc3)(c3ccccc3)c3ccccc3)c3ncc(Cl)nc23)nc2sccc12. The van der Waals surface area contributed by atoms with Gasteiger partial charge in [-0.15, -0.1) is 11.3 Å². The van der Waals surface area contributed by atoms with E-state index in [0.29, 0.717) is 46.8 Å². The quantitative estimate of drug-likeness (QED) is 0.117. The minimum Gasteiger partial charge on any atom is -0.466 e. The molecule has 3 aliphatic carbocycles. The number of carbonyl (C=O) groups is 1. The van der Waals surface area contributed by atoms with Crippen molar-refractivity contribution in [3.63, 3.8) is 0 Å². The summed E-state index contributed by atoms with van der Waals surface area (Å²) in [6.45, 7) is 2.25. The number of benzene rings is 3. The maximum absolute atomic E-state index is 13.4. The lowest BCUT2D eigenvalue weighted by Gasteiger charge is -2.47. The first-order valence-electron chi connectivity index (χ1n) is 18.0. The molecule has 3 aromatic carbocycles. The minimum atomic E-state index is -0.842.